The number of aryl methyl sites for hydroxylation is 2. The number of hydrogen-bond acceptors (Lipinski definition) is 8. The summed E-state index contributed by atoms with van der Waals surface area (Å²) in [5.74, 6) is -0.688. The smallest absolute Gasteiger partial charge is 0.462 e. The molecule has 1 fully saturated rings. The Labute approximate surface area is 248 Å². The summed E-state index contributed by atoms with van der Waals surface area (Å²) in [6.45, 7) is 16.0. The van der Waals surface area contributed by atoms with Gasteiger partial charge >= 0.3 is 12.1 Å². The summed E-state index contributed by atoms with van der Waals surface area (Å²) in [5, 5.41) is 4.10. The van der Waals surface area contributed by atoms with E-state index in [2.05, 4.69) is 15.0 Å². The summed E-state index contributed by atoms with van der Waals surface area (Å²) in [4.78, 5) is 33.4. The Morgan fingerprint density at radius 1 is 1.29 bits per heavy atom. The van der Waals surface area contributed by atoms with E-state index in [4.69, 9.17) is 18.9 Å². The SMILES string of the molecule is COCCCc1cnc2cc(C)c(C(OC(=O)OC(C)(C)C)C(CC(N=[N+]=[N-])C3CC(C(C)C)C(=O)O3)C(C)C)cn12. The summed E-state index contributed by atoms with van der Waals surface area (Å²) in [5.41, 5.74) is 12.3. The van der Waals surface area contributed by atoms with Crippen LogP contribution in [0.1, 0.15) is 90.7 Å². The maximum absolute atomic E-state index is 13.1. The van der Waals surface area contributed by atoms with E-state index in [1.165, 1.54) is 0 Å². The molecule has 11 nitrogen and oxygen atoms in total. The van der Waals surface area contributed by atoms with Crippen LogP contribution in [0.25, 0.3) is 16.1 Å². The van der Waals surface area contributed by atoms with Crippen molar-refractivity contribution in [2.45, 2.75) is 105 Å². The van der Waals surface area contributed by atoms with Gasteiger partial charge in [-0.1, -0.05) is 32.8 Å². The lowest BCUT2D eigenvalue weighted by molar-refractivity contribution is -0.146. The highest BCUT2D eigenvalue weighted by atomic mass is 16.7. The van der Waals surface area contributed by atoms with E-state index in [0.717, 1.165) is 35.3 Å². The van der Waals surface area contributed by atoms with E-state index < -0.39 is 30.0 Å². The number of carbonyl (C=O) groups is 2. The molecule has 0 aromatic carbocycles. The number of cyclic esters (lactones) is 1. The summed E-state index contributed by atoms with van der Waals surface area (Å²) in [6, 6.07) is 1.36. The van der Waals surface area contributed by atoms with Gasteiger partial charge in [0.15, 0.2) is 0 Å². The summed E-state index contributed by atoms with van der Waals surface area (Å²) >= 11 is 0. The molecule has 0 spiro atoms. The molecule has 232 valence electrons. The van der Waals surface area contributed by atoms with Gasteiger partial charge in [-0.25, -0.2) is 9.78 Å². The number of esters is 1. The standard InChI is InChI=1S/C31H47N5O6/c1-18(2)22(14-25(34-35-32)26-15-23(19(3)4)29(37)40-26)28(41-30(38)42-31(6,7)8)24-17-36-21(11-10-12-39-9)16-33-27(36)13-20(24)5/h13,16-19,22-23,25-26,28H,10-12,14-15H2,1-9H3. The van der Waals surface area contributed by atoms with Crippen molar-refractivity contribution >= 4 is 17.8 Å². The number of carbonyl (C=O) groups excluding carboxylic acids is 2. The van der Waals surface area contributed by atoms with Crippen molar-refractivity contribution in [3.8, 4) is 0 Å². The number of aromatic nitrogens is 2. The fourth-order valence-corrected chi connectivity index (χ4v) is 5.60. The maximum atomic E-state index is 13.1. The van der Waals surface area contributed by atoms with Crippen molar-refractivity contribution < 1.29 is 28.5 Å². The number of fused-ring (bicyclic) bond motifs is 1. The summed E-state index contributed by atoms with van der Waals surface area (Å²) in [6.07, 6.45) is 4.22. The first kappa shape index (κ1) is 33.2. The first-order valence-electron chi connectivity index (χ1n) is 14.8. The number of imidazole rings is 1. The zero-order chi connectivity index (χ0) is 31.2. The quantitative estimate of drug-likeness (QED) is 0.0800. The Hall–Kier alpha value is -3.30. The number of methoxy groups -OCH3 is 1. The zero-order valence-corrected chi connectivity index (χ0v) is 26.5. The molecule has 0 aliphatic carbocycles. The predicted molar refractivity (Wildman–Crippen MR) is 159 cm³/mol. The van der Waals surface area contributed by atoms with Crippen LogP contribution in [0.4, 0.5) is 4.79 Å². The minimum Gasteiger partial charge on any atom is -0.462 e. The van der Waals surface area contributed by atoms with E-state index in [1.807, 2.05) is 57.5 Å². The highest BCUT2D eigenvalue weighted by Gasteiger charge is 2.43. The van der Waals surface area contributed by atoms with Crippen LogP contribution >= 0.6 is 0 Å². The van der Waals surface area contributed by atoms with Gasteiger partial charge in [-0.05, 0) is 82.4 Å². The molecule has 1 saturated heterocycles. The number of hydrogen-bond donors (Lipinski definition) is 0. The van der Waals surface area contributed by atoms with Gasteiger partial charge < -0.3 is 23.3 Å². The fourth-order valence-electron chi connectivity index (χ4n) is 5.60. The molecule has 1 aliphatic heterocycles. The molecular formula is C31H47N5O6. The maximum Gasteiger partial charge on any atom is 0.509 e. The van der Waals surface area contributed by atoms with Gasteiger partial charge in [0.2, 0.25) is 0 Å². The molecule has 42 heavy (non-hydrogen) atoms. The summed E-state index contributed by atoms with van der Waals surface area (Å²) in [7, 11) is 1.68. The summed E-state index contributed by atoms with van der Waals surface area (Å²) < 4.78 is 24.7. The third-order valence-corrected chi connectivity index (χ3v) is 7.92. The van der Waals surface area contributed by atoms with Crippen molar-refractivity contribution in [3.63, 3.8) is 0 Å². The Bertz CT molecular complexity index is 1280. The van der Waals surface area contributed by atoms with Crippen LogP contribution in [0.3, 0.4) is 0 Å². The molecule has 2 aromatic rings. The van der Waals surface area contributed by atoms with Crippen LogP contribution in [-0.4, -0.2) is 53.0 Å². The van der Waals surface area contributed by atoms with Crippen molar-refractivity contribution in [2.75, 3.05) is 13.7 Å². The van der Waals surface area contributed by atoms with Crippen LogP contribution in [0, 0.1) is 30.6 Å². The van der Waals surface area contributed by atoms with Gasteiger partial charge in [-0.3, -0.25) is 4.79 Å². The largest absolute Gasteiger partial charge is 0.509 e. The van der Waals surface area contributed by atoms with Gasteiger partial charge in [-0.15, -0.1) is 0 Å². The normalized spacial score (nSPS) is 19.5. The molecule has 0 bridgehead atoms. The molecule has 0 radical (unpaired) electrons. The van der Waals surface area contributed by atoms with Crippen LogP contribution < -0.4 is 0 Å². The van der Waals surface area contributed by atoms with Crippen molar-refractivity contribution in [2.24, 2.45) is 28.8 Å². The van der Waals surface area contributed by atoms with Crippen molar-refractivity contribution in [1.82, 2.24) is 9.38 Å². The van der Waals surface area contributed by atoms with Gasteiger partial charge in [0.25, 0.3) is 0 Å². The van der Waals surface area contributed by atoms with E-state index in [9.17, 15) is 15.1 Å². The van der Waals surface area contributed by atoms with E-state index in [1.54, 1.807) is 27.9 Å². The van der Waals surface area contributed by atoms with Crippen LogP contribution in [0.15, 0.2) is 23.6 Å². The second-order valence-electron chi connectivity index (χ2n) is 13.0. The molecular weight excluding hydrogens is 538 g/mol. The van der Waals surface area contributed by atoms with E-state index >= 15 is 0 Å². The van der Waals surface area contributed by atoms with Crippen LogP contribution in [0.2, 0.25) is 0 Å². The fraction of sp³-hybridized carbons (Fsp3) is 0.710. The highest BCUT2D eigenvalue weighted by molar-refractivity contribution is 5.75. The molecule has 0 amide bonds. The van der Waals surface area contributed by atoms with Crippen LogP contribution in [-0.2, 0) is 30.2 Å². The van der Waals surface area contributed by atoms with E-state index in [-0.39, 0.29) is 29.6 Å². The second kappa shape index (κ2) is 14.2. The molecule has 3 heterocycles. The first-order valence-corrected chi connectivity index (χ1v) is 14.8. The lowest BCUT2D eigenvalue weighted by Gasteiger charge is -2.34. The number of rotatable bonds is 13. The number of nitrogens with zero attached hydrogens (tertiary/aromatic N) is 5. The van der Waals surface area contributed by atoms with E-state index in [0.29, 0.717) is 19.4 Å². The lowest BCUT2D eigenvalue weighted by atomic mass is 9.79. The lowest BCUT2D eigenvalue weighted by Crippen LogP contribution is -2.34. The molecule has 0 N–H and O–H groups in total. The first-order chi connectivity index (χ1) is 19.7. The average molecular weight is 586 g/mol. The second-order valence-corrected chi connectivity index (χ2v) is 13.0. The monoisotopic (exact) mass is 585 g/mol. The third kappa shape index (κ3) is 8.38. The Morgan fingerprint density at radius 3 is 2.57 bits per heavy atom. The molecule has 5 unspecified atom stereocenters. The highest BCUT2D eigenvalue weighted by Crippen LogP contribution is 2.40. The van der Waals surface area contributed by atoms with Gasteiger partial charge in [0.05, 0.1) is 12.0 Å². The molecule has 11 heteroatoms. The Balaban J connectivity index is 2.05. The minimum absolute atomic E-state index is 0.00545. The van der Waals surface area contributed by atoms with Gasteiger partial charge in [-0.2, -0.15) is 0 Å². The number of pyridine rings is 1. The number of ether oxygens (including phenoxy) is 4. The van der Waals surface area contributed by atoms with Gasteiger partial charge in [0.1, 0.15) is 23.5 Å². The minimum atomic E-state index is -0.781. The third-order valence-electron chi connectivity index (χ3n) is 7.92. The Morgan fingerprint density at radius 2 is 2.00 bits per heavy atom. The van der Waals surface area contributed by atoms with Crippen molar-refractivity contribution in [3.05, 3.63) is 45.7 Å². The molecule has 5 atom stereocenters. The van der Waals surface area contributed by atoms with Crippen LogP contribution in [0.5, 0.6) is 0 Å². The van der Waals surface area contributed by atoms with Crippen molar-refractivity contribution in [1.29, 1.82) is 0 Å². The predicted octanol–water partition coefficient (Wildman–Crippen LogP) is 7.14. The zero-order valence-electron chi connectivity index (χ0n) is 26.5. The molecule has 3 rings (SSSR count). The van der Waals surface area contributed by atoms with Gasteiger partial charge in [0, 0.05) is 48.2 Å². The average Bonchev–Trinajstić information content (AvgIpc) is 3.46. The molecule has 1 aliphatic rings. The molecule has 2 aromatic heterocycles. The Kier molecular flexibility index (Phi) is 11.3. The number of azide groups is 1. The topological polar surface area (TPSA) is 137 Å². The molecule has 0 saturated carbocycles.